The lowest BCUT2D eigenvalue weighted by Gasteiger charge is -2.24. The highest BCUT2D eigenvalue weighted by Crippen LogP contribution is 2.45. The summed E-state index contributed by atoms with van der Waals surface area (Å²) in [6.45, 7) is 10.3. The third-order valence-electron chi connectivity index (χ3n) is 6.22. The Bertz CT molecular complexity index is 1480. The predicted molar refractivity (Wildman–Crippen MR) is 154 cm³/mol. The van der Waals surface area contributed by atoms with Crippen molar-refractivity contribution in [1.82, 2.24) is 4.98 Å². The standard InChI is InChI=1S/C30H32N2O8S/c1-6-37-20-13-10-18(11-14-20)25(33)23-24(19-12-15-21(38-7-2)22(16-19)39-8-3)32(28(35)26(23)34)30-31-17(5)27(41-30)29(36)40-9-4/h10-16,24,33H,6-9H2,1-5H3. The van der Waals surface area contributed by atoms with Crippen molar-refractivity contribution >= 4 is 39.9 Å². The van der Waals surface area contributed by atoms with Crippen LogP contribution >= 0.6 is 11.3 Å². The molecule has 10 nitrogen and oxygen atoms in total. The molecule has 3 aromatic rings. The van der Waals surface area contributed by atoms with Gasteiger partial charge in [0.2, 0.25) is 0 Å². The number of ketones is 1. The Morgan fingerprint density at radius 2 is 1.59 bits per heavy atom. The number of carbonyl (C=O) groups excluding carboxylic acids is 3. The van der Waals surface area contributed by atoms with E-state index in [0.29, 0.717) is 53.9 Å². The smallest absolute Gasteiger partial charge is 0.350 e. The summed E-state index contributed by atoms with van der Waals surface area (Å²) >= 11 is 0.942. The molecule has 216 valence electrons. The lowest BCUT2D eigenvalue weighted by molar-refractivity contribution is -0.132. The molecule has 1 saturated heterocycles. The number of benzene rings is 2. The van der Waals surface area contributed by atoms with Crippen molar-refractivity contribution in [2.75, 3.05) is 31.3 Å². The minimum atomic E-state index is -1.07. The quantitative estimate of drug-likeness (QED) is 0.136. The maximum Gasteiger partial charge on any atom is 0.350 e. The Balaban J connectivity index is 1.92. The van der Waals surface area contributed by atoms with Gasteiger partial charge in [0.1, 0.15) is 16.4 Å². The van der Waals surface area contributed by atoms with Gasteiger partial charge in [0, 0.05) is 5.56 Å². The summed E-state index contributed by atoms with van der Waals surface area (Å²) in [7, 11) is 0. The van der Waals surface area contributed by atoms with E-state index in [0.717, 1.165) is 11.3 Å². The van der Waals surface area contributed by atoms with E-state index in [1.165, 1.54) is 4.90 Å². The fourth-order valence-electron chi connectivity index (χ4n) is 4.49. The van der Waals surface area contributed by atoms with E-state index in [2.05, 4.69) is 4.98 Å². The van der Waals surface area contributed by atoms with Crippen LogP contribution in [0.15, 0.2) is 48.0 Å². The number of aliphatic hydroxyl groups excluding tert-OH is 1. The summed E-state index contributed by atoms with van der Waals surface area (Å²) in [4.78, 5) is 45.5. The number of rotatable bonds is 11. The van der Waals surface area contributed by atoms with E-state index >= 15 is 0 Å². The van der Waals surface area contributed by atoms with Gasteiger partial charge < -0.3 is 24.1 Å². The molecular weight excluding hydrogens is 548 g/mol. The second kappa shape index (κ2) is 12.9. The van der Waals surface area contributed by atoms with Crippen LogP contribution in [0.5, 0.6) is 17.2 Å². The molecular formula is C30H32N2O8S. The molecule has 0 spiro atoms. The van der Waals surface area contributed by atoms with E-state index in [4.69, 9.17) is 18.9 Å². The van der Waals surface area contributed by atoms with Crippen molar-refractivity contribution in [2.24, 2.45) is 0 Å². The van der Waals surface area contributed by atoms with Gasteiger partial charge in [-0.25, -0.2) is 9.78 Å². The highest BCUT2D eigenvalue weighted by atomic mass is 32.1. The van der Waals surface area contributed by atoms with Gasteiger partial charge in [0.15, 0.2) is 16.6 Å². The number of esters is 1. The van der Waals surface area contributed by atoms with E-state index in [9.17, 15) is 19.5 Å². The second-order valence-corrected chi connectivity index (χ2v) is 9.81. The van der Waals surface area contributed by atoms with Crippen LogP contribution in [0, 0.1) is 6.92 Å². The summed E-state index contributed by atoms with van der Waals surface area (Å²) in [6, 6.07) is 10.6. The summed E-state index contributed by atoms with van der Waals surface area (Å²) < 4.78 is 22.1. The molecule has 2 heterocycles. The summed E-state index contributed by atoms with van der Waals surface area (Å²) in [6.07, 6.45) is 0. The predicted octanol–water partition coefficient (Wildman–Crippen LogP) is 5.45. The molecule has 0 bridgehead atoms. The van der Waals surface area contributed by atoms with Crippen molar-refractivity contribution in [1.29, 1.82) is 0 Å². The van der Waals surface area contributed by atoms with E-state index < -0.39 is 23.7 Å². The monoisotopic (exact) mass is 580 g/mol. The molecule has 1 fully saturated rings. The first-order chi connectivity index (χ1) is 19.7. The second-order valence-electron chi connectivity index (χ2n) is 8.83. The topological polar surface area (TPSA) is 124 Å². The molecule has 1 atom stereocenters. The zero-order valence-electron chi connectivity index (χ0n) is 23.6. The van der Waals surface area contributed by atoms with Gasteiger partial charge in [-0.15, -0.1) is 0 Å². The summed E-state index contributed by atoms with van der Waals surface area (Å²) in [5, 5.41) is 11.6. The molecule has 1 aromatic heterocycles. The fraction of sp³-hybridized carbons (Fsp3) is 0.333. The third-order valence-corrected chi connectivity index (χ3v) is 7.36. The van der Waals surface area contributed by atoms with Gasteiger partial charge in [0.25, 0.3) is 5.78 Å². The third kappa shape index (κ3) is 5.90. The van der Waals surface area contributed by atoms with E-state index in [1.54, 1.807) is 56.3 Å². The van der Waals surface area contributed by atoms with Gasteiger partial charge >= 0.3 is 11.9 Å². The molecule has 1 aliphatic rings. The zero-order valence-corrected chi connectivity index (χ0v) is 24.4. The van der Waals surface area contributed by atoms with Crippen molar-refractivity contribution in [3.63, 3.8) is 0 Å². The zero-order chi connectivity index (χ0) is 29.7. The number of thiazole rings is 1. The highest BCUT2D eigenvalue weighted by Gasteiger charge is 2.48. The van der Waals surface area contributed by atoms with Gasteiger partial charge in [-0.05, 0) is 76.6 Å². The molecule has 1 N–H and O–H groups in total. The first-order valence-electron chi connectivity index (χ1n) is 13.3. The molecule has 2 aromatic carbocycles. The number of aryl methyl sites for hydroxylation is 1. The molecule has 0 radical (unpaired) electrons. The number of hydrogen-bond acceptors (Lipinski definition) is 10. The molecule has 1 aliphatic heterocycles. The molecule has 1 unspecified atom stereocenters. The van der Waals surface area contributed by atoms with Crippen LogP contribution in [0.3, 0.4) is 0 Å². The minimum absolute atomic E-state index is 0.121. The number of hydrogen-bond donors (Lipinski definition) is 1. The Morgan fingerprint density at radius 1 is 0.927 bits per heavy atom. The minimum Gasteiger partial charge on any atom is -0.507 e. The van der Waals surface area contributed by atoms with Crippen molar-refractivity contribution in [3.05, 3.63) is 69.7 Å². The van der Waals surface area contributed by atoms with Gasteiger partial charge in [-0.2, -0.15) is 0 Å². The Kier molecular flexibility index (Phi) is 9.28. The fourth-order valence-corrected chi connectivity index (χ4v) is 5.47. The Hall–Kier alpha value is -4.38. The van der Waals surface area contributed by atoms with Crippen LogP contribution in [0.2, 0.25) is 0 Å². The number of aromatic nitrogens is 1. The molecule has 0 aliphatic carbocycles. The van der Waals surface area contributed by atoms with Crippen LogP contribution in [-0.2, 0) is 14.3 Å². The normalized spacial score (nSPS) is 16.1. The molecule has 11 heteroatoms. The van der Waals surface area contributed by atoms with E-state index in [1.807, 2.05) is 20.8 Å². The van der Waals surface area contributed by atoms with E-state index in [-0.39, 0.29) is 27.9 Å². The van der Waals surface area contributed by atoms with Gasteiger partial charge in [-0.1, -0.05) is 17.4 Å². The summed E-state index contributed by atoms with van der Waals surface area (Å²) in [5.41, 5.74) is 1.04. The maximum absolute atomic E-state index is 13.6. The van der Waals surface area contributed by atoms with Crippen LogP contribution in [0.25, 0.3) is 5.76 Å². The lowest BCUT2D eigenvalue weighted by Crippen LogP contribution is -2.29. The van der Waals surface area contributed by atoms with Crippen LogP contribution in [0.1, 0.15) is 60.2 Å². The Morgan fingerprint density at radius 3 is 2.22 bits per heavy atom. The highest BCUT2D eigenvalue weighted by molar-refractivity contribution is 7.17. The number of carbonyl (C=O) groups is 3. The number of anilines is 1. The van der Waals surface area contributed by atoms with Crippen LogP contribution < -0.4 is 19.1 Å². The van der Waals surface area contributed by atoms with Crippen molar-refractivity contribution in [3.8, 4) is 17.2 Å². The first kappa shape index (κ1) is 29.6. The number of nitrogens with zero attached hydrogens (tertiary/aromatic N) is 2. The first-order valence-corrected chi connectivity index (χ1v) is 14.1. The maximum atomic E-state index is 13.6. The number of Topliss-reactive ketones (excluding diaryl/α,β-unsaturated/α-hetero) is 1. The van der Waals surface area contributed by atoms with Crippen LogP contribution in [-0.4, -0.2) is 54.2 Å². The number of amides is 1. The molecule has 1 amide bonds. The van der Waals surface area contributed by atoms with Crippen molar-refractivity contribution < 1.29 is 38.4 Å². The summed E-state index contributed by atoms with van der Waals surface area (Å²) in [5.74, 6) is -1.20. The largest absolute Gasteiger partial charge is 0.507 e. The van der Waals surface area contributed by atoms with Gasteiger partial charge in [0.05, 0.1) is 43.7 Å². The molecule has 41 heavy (non-hydrogen) atoms. The van der Waals surface area contributed by atoms with Gasteiger partial charge in [-0.3, -0.25) is 14.5 Å². The number of ether oxygens (including phenoxy) is 4. The van der Waals surface area contributed by atoms with Crippen molar-refractivity contribution in [2.45, 2.75) is 40.7 Å². The molecule has 4 rings (SSSR count). The number of aliphatic hydroxyl groups is 1. The molecule has 0 saturated carbocycles. The lowest BCUT2D eigenvalue weighted by atomic mass is 9.95. The van der Waals surface area contributed by atoms with Crippen LogP contribution in [0.4, 0.5) is 5.13 Å². The average molecular weight is 581 g/mol. The Labute approximate surface area is 242 Å². The average Bonchev–Trinajstić information content (AvgIpc) is 3.46. The SMILES string of the molecule is CCOC(=O)c1sc(N2C(=O)C(=O)C(=C(O)c3ccc(OCC)cc3)C2c2ccc(OCC)c(OCC)c2)nc1C.